The molecular formula is C35H44FN3O. The molecule has 1 saturated heterocycles. The summed E-state index contributed by atoms with van der Waals surface area (Å²) >= 11 is 0. The van der Waals surface area contributed by atoms with Gasteiger partial charge in [-0.15, -0.1) is 5.73 Å². The van der Waals surface area contributed by atoms with E-state index in [9.17, 15) is 4.39 Å². The predicted octanol–water partition coefficient (Wildman–Crippen LogP) is 8.21. The van der Waals surface area contributed by atoms with Gasteiger partial charge in [-0.1, -0.05) is 87.4 Å². The van der Waals surface area contributed by atoms with Crippen LogP contribution in [0.4, 0.5) is 10.1 Å². The number of allylic oxidation sites excluding steroid dienone is 5. The molecule has 2 atom stereocenters. The topological polar surface area (TPSA) is 36.5 Å². The van der Waals surface area contributed by atoms with Crippen LogP contribution >= 0.6 is 0 Å². The first kappa shape index (κ1) is 32.2. The van der Waals surface area contributed by atoms with Gasteiger partial charge in [0.15, 0.2) is 0 Å². The molecule has 0 bridgehead atoms. The number of aryl methyl sites for hydroxylation is 1. The minimum Gasteiger partial charge on any atom is -0.385 e. The molecule has 40 heavy (non-hydrogen) atoms. The third-order valence-corrected chi connectivity index (χ3v) is 6.27. The molecule has 212 valence electrons. The second-order valence-electron chi connectivity index (χ2n) is 9.74. The van der Waals surface area contributed by atoms with E-state index in [0.717, 1.165) is 35.7 Å². The lowest BCUT2D eigenvalue weighted by Gasteiger charge is -2.32. The van der Waals surface area contributed by atoms with Crippen molar-refractivity contribution in [1.29, 1.82) is 0 Å². The summed E-state index contributed by atoms with van der Waals surface area (Å²) in [4.78, 5) is 2.05. The zero-order chi connectivity index (χ0) is 29.5. The highest BCUT2D eigenvalue weighted by molar-refractivity contribution is 5.51. The first-order valence-corrected chi connectivity index (χ1v) is 13.6. The Hall–Kier alpha value is -4.05. The molecule has 0 saturated carbocycles. The van der Waals surface area contributed by atoms with Crippen LogP contribution in [-0.2, 0) is 11.2 Å². The second-order valence-corrected chi connectivity index (χ2v) is 9.74. The molecular weight excluding hydrogens is 497 g/mol. The minimum atomic E-state index is -0.292. The summed E-state index contributed by atoms with van der Waals surface area (Å²) in [5, 5.41) is 6.48. The van der Waals surface area contributed by atoms with Crippen molar-refractivity contribution in [1.82, 2.24) is 10.2 Å². The minimum absolute atomic E-state index is 0.0969. The third-order valence-electron chi connectivity index (χ3n) is 6.27. The van der Waals surface area contributed by atoms with Crippen LogP contribution in [0, 0.1) is 12.7 Å². The number of hydrogen-bond donors (Lipinski definition) is 2. The molecule has 0 spiro atoms. The molecule has 1 unspecified atom stereocenters. The van der Waals surface area contributed by atoms with Gasteiger partial charge in [-0.05, 0) is 68.5 Å². The van der Waals surface area contributed by atoms with Crippen molar-refractivity contribution in [3.63, 3.8) is 0 Å². The molecule has 2 aromatic rings. The van der Waals surface area contributed by atoms with Gasteiger partial charge in [0.25, 0.3) is 0 Å². The number of hydrogen-bond acceptors (Lipinski definition) is 4. The Morgan fingerprint density at radius 2 is 1.85 bits per heavy atom. The van der Waals surface area contributed by atoms with Gasteiger partial charge in [0, 0.05) is 25.1 Å². The lowest BCUT2D eigenvalue weighted by Crippen LogP contribution is -2.37. The molecule has 0 radical (unpaired) electrons. The summed E-state index contributed by atoms with van der Waals surface area (Å²) in [5.74, 6) is 0.487. The summed E-state index contributed by atoms with van der Waals surface area (Å²) < 4.78 is 19.0. The highest BCUT2D eigenvalue weighted by atomic mass is 19.1. The predicted molar refractivity (Wildman–Crippen MR) is 168 cm³/mol. The molecule has 1 fully saturated rings. The number of nitrogens with zero attached hydrogens (tertiary/aromatic N) is 1. The van der Waals surface area contributed by atoms with Crippen LogP contribution in [0.1, 0.15) is 38.3 Å². The quantitative estimate of drug-likeness (QED) is 0.330. The molecule has 2 N–H and O–H groups in total. The number of ether oxygens (including phenoxy) is 1. The van der Waals surface area contributed by atoms with E-state index in [4.69, 9.17) is 4.74 Å². The zero-order valence-corrected chi connectivity index (χ0v) is 24.6. The van der Waals surface area contributed by atoms with Crippen LogP contribution in [0.3, 0.4) is 0 Å². The normalized spacial score (nSPS) is 16.1. The van der Waals surface area contributed by atoms with Crippen LogP contribution < -0.4 is 10.6 Å². The van der Waals surface area contributed by atoms with E-state index in [1.54, 1.807) is 13.2 Å². The fourth-order valence-electron chi connectivity index (χ4n) is 4.11. The number of benzene rings is 2. The Morgan fingerprint density at radius 3 is 2.42 bits per heavy atom. The first-order valence-electron chi connectivity index (χ1n) is 13.6. The van der Waals surface area contributed by atoms with Gasteiger partial charge in [0.1, 0.15) is 5.82 Å². The Morgan fingerprint density at radius 1 is 1.12 bits per heavy atom. The van der Waals surface area contributed by atoms with Gasteiger partial charge < -0.3 is 20.3 Å². The summed E-state index contributed by atoms with van der Waals surface area (Å²) in [6.07, 6.45) is 11.7. The summed E-state index contributed by atoms with van der Waals surface area (Å²) in [5.41, 5.74) is 8.31. The number of halogens is 1. The summed E-state index contributed by atoms with van der Waals surface area (Å²) in [6.45, 7) is 21.5. The van der Waals surface area contributed by atoms with Crippen molar-refractivity contribution in [2.75, 3.05) is 19.0 Å². The monoisotopic (exact) mass is 541 g/mol. The molecule has 1 aliphatic heterocycles. The van der Waals surface area contributed by atoms with Gasteiger partial charge in [0.05, 0.1) is 23.6 Å². The highest BCUT2D eigenvalue weighted by Crippen LogP contribution is 2.30. The fraction of sp³-hybridized carbons (Fsp3) is 0.286. The maximum Gasteiger partial charge on any atom is 0.146 e. The maximum atomic E-state index is 14.3. The molecule has 4 nitrogen and oxygen atoms in total. The molecule has 5 heteroatoms. The summed E-state index contributed by atoms with van der Waals surface area (Å²) in [6, 6.07) is 15.2. The van der Waals surface area contributed by atoms with E-state index in [-0.39, 0.29) is 17.9 Å². The van der Waals surface area contributed by atoms with E-state index in [1.165, 1.54) is 11.6 Å². The van der Waals surface area contributed by atoms with E-state index in [2.05, 4.69) is 60.1 Å². The Kier molecular flexibility index (Phi) is 13.5. The number of anilines is 1. The lowest BCUT2D eigenvalue weighted by atomic mass is 10.0. The van der Waals surface area contributed by atoms with Crippen LogP contribution in [-0.4, -0.2) is 30.7 Å². The van der Waals surface area contributed by atoms with Gasteiger partial charge in [-0.25, -0.2) is 4.39 Å². The maximum absolute atomic E-state index is 14.3. The molecule has 0 amide bonds. The largest absolute Gasteiger partial charge is 0.385 e. The van der Waals surface area contributed by atoms with E-state index < -0.39 is 0 Å². The average Bonchev–Trinajstić information content (AvgIpc) is 3.06. The molecule has 1 heterocycles. The zero-order valence-electron chi connectivity index (χ0n) is 24.6. The number of rotatable bonds is 8. The van der Waals surface area contributed by atoms with Gasteiger partial charge in [0.2, 0.25) is 0 Å². The molecule has 0 aromatic heterocycles. The Balaban J connectivity index is 0.000000355. The number of nitrogens with one attached hydrogen (secondary N) is 2. The van der Waals surface area contributed by atoms with Gasteiger partial charge in [-0.3, -0.25) is 0 Å². The molecule has 1 aliphatic carbocycles. The molecule has 2 aliphatic rings. The standard InChI is InChI=1S/C23H26FN3.C8H8.C4H10O/c1-15-11-12-22(21(24)13-15)26-17(3)23(14-20-9-7-6-8-10-20)27-18(4)16(2)25-19(27)5;1-8-6-4-2-3-5-7-8;1-3-4-5-2/h6-13,16,23,25-26H,3-5,14H2,1-2H3;2-6H,1H3;3-4H2,1-2H3/t16-,23?;;/m1../s1. The van der Waals surface area contributed by atoms with E-state index in [1.807, 2.05) is 75.4 Å². The van der Waals surface area contributed by atoms with Crippen molar-refractivity contribution < 1.29 is 9.13 Å². The van der Waals surface area contributed by atoms with Crippen LogP contribution in [0.15, 0.2) is 127 Å². The van der Waals surface area contributed by atoms with Crippen LogP contribution in [0.25, 0.3) is 0 Å². The molecule has 2 aromatic carbocycles. The van der Waals surface area contributed by atoms with Crippen molar-refractivity contribution in [2.24, 2.45) is 0 Å². The Bertz CT molecular complexity index is 1270. The van der Waals surface area contributed by atoms with E-state index in [0.29, 0.717) is 17.8 Å². The van der Waals surface area contributed by atoms with Crippen LogP contribution in [0.2, 0.25) is 0 Å². The number of methoxy groups -OCH3 is 1. The fourth-order valence-corrected chi connectivity index (χ4v) is 4.11. The van der Waals surface area contributed by atoms with Crippen molar-refractivity contribution in [3.8, 4) is 0 Å². The third kappa shape index (κ3) is 10.3. The van der Waals surface area contributed by atoms with Crippen molar-refractivity contribution in [2.45, 2.75) is 52.6 Å². The van der Waals surface area contributed by atoms with Gasteiger partial charge in [-0.2, -0.15) is 0 Å². The Labute approximate surface area is 240 Å². The van der Waals surface area contributed by atoms with Crippen molar-refractivity contribution in [3.05, 3.63) is 144 Å². The van der Waals surface area contributed by atoms with E-state index >= 15 is 0 Å². The summed E-state index contributed by atoms with van der Waals surface area (Å²) in [7, 11) is 1.71. The first-order chi connectivity index (χ1) is 19.2. The smallest absolute Gasteiger partial charge is 0.146 e. The average molecular weight is 542 g/mol. The lowest BCUT2D eigenvalue weighted by molar-refractivity contribution is 0.199. The SMILES string of the molecule is C=C(Nc1ccc(C)cc1F)C(Cc1ccccc1)N1C(=C)N[C@H](C)C1=C.CC1=C=CC=CC=C1.CCCOC. The second kappa shape index (κ2) is 16.8. The van der Waals surface area contributed by atoms with Crippen LogP contribution in [0.5, 0.6) is 0 Å². The van der Waals surface area contributed by atoms with Crippen molar-refractivity contribution >= 4 is 5.69 Å². The van der Waals surface area contributed by atoms with Gasteiger partial charge >= 0.3 is 0 Å². The molecule has 4 rings (SSSR count). The highest BCUT2D eigenvalue weighted by Gasteiger charge is 2.33.